The Morgan fingerprint density at radius 1 is 1.14 bits per heavy atom. The number of aromatic nitrogens is 3. The molecule has 2 aromatic carbocycles. The number of halogens is 2. The van der Waals surface area contributed by atoms with E-state index >= 15 is 0 Å². The molecule has 4 aromatic rings. The van der Waals surface area contributed by atoms with Crippen molar-refractivity contribution in [3.8, 4) is 0 Å². The van der Waals surface area contributed by atoms with Crippen LogP contribution in [-0.4, -0.2) is 50.7 Å². The van der Waals surface area contributed by atoms with Gasteiger partial charge in [0.1, 0.15) is 17.0 Å². The molecule has 0 N–H and O–H groups in total. The first-order chi connectivity index (χ1) is 16.8. The standard InChI is InChI=1S/C26H23ClFN5O2/c1-30-14-16-10-21(25(34)31(2)20-12-17(28)11-19(30)22(16)20)32-9-8-18-23(26(32)35)29-33(24(18)27)13-15-6-4-3-5-7-15/h3-7,11-12,14,21H,8-10,13H2,1-2H3/t21-/m0/s1. The van der Waals surface area contributed by atoms with Gasteiger partial charge in [-0.3, -0.25) is 9.59 Å². The lowest BCUT2D eigenvalue weighted by atomic mass is 10.0. The van der Waals surface area contributed by atoms with Crippen molar-refractivity contribution >= 4 is 40.0 Å². The van der Waals surface area contributed by atoms with Crippen molar-refractivity contribution in [3.63, 3.8) is 0 Å². The lowest BCUT2D eigenvalue weighted by Crippen LogP contribution is -2.53. The first kappa shape index (κ1) is 21.9. The molecule has 9 heteroatoms. The summed E-state index contributed by atoms with van der Waals surface area (Å²) >= 11 is 6.62. The molecule has 2 aliphatic rings. The third-order valence-electron chi connectivity index (χ3n) is 7.10. The zero-order valence-corrected chi connectivity index (χ0v) is 20.1. The lowest BCUT2D eigenvalue weighted by molar-refractivity contribution is -0.122. The van der Waals surface area contributed by atoms with Crippen molar-refractivity contribution in [2.24, 2.45) is 7.05 Å². The predicted octanol–water partition coefficient (Wildman–Crippen LogP) is 3.80. The smallest absolute Gasteiger partial charge is 0.275 e. The number of nitrogens with zero attached hydrogens (tertiary/aromatic N) is 5. The second-order valence-electron chi connectivity index (χ2n) is 9.21. The number of hydrogen-bond donors (Lipinski definition) is 0. The molecule has 0 spiro atoms. The molecule has 2 aromatic heterocycles. The second kappa shape index (κ2) is 7.95. The molecule has 2 aliphatic heterocycles. The van der Waals surface area contributed by atoms with Gasteiger partial charge >= 0.3 is 0 Å². The molecule has 0 fully saturated rings. The average molecular weight is 492 g/mol. The monoisotopic (exact) mass is 491 g/mol. The molecule has 0 radical (unpaired) electrons. The second-order valence-corrected chi connectivity index (χ2v) is 9.57. The van der Waals surface area contributed by atoms with Crippen LogP contribution < -0.4 is 4.90 Å². The maximum atomic E-state index is 14.4. The lowest BCUT2D eigenvalue weighted by Gasteiger charge is -2.34. The summed E-state index contributed by atoms with van der Waals surface area (Å²) in [6, 6.07) is 11.9. The molecule has 0 saturated carbocycles. The van der Waals surface area contributed by atoms with Crippen LogP contribution in [0.1, 0.15) is 27.2 Å². The number of anilines is 1. The quantitative estimate of drug-likeness (QED) is 0.438. The van der Waals surface area contributed by atoms with Crippen LogP contribution in [0.3, 0.4) is 0 Å². The van der Waals surface area contributed by atoms with Crippen molar-refractivity contribution in [3.05, 3.63) is 82.0 Å². The molecule has 4 heterocycles. The van der Waals surface area contributed by atoms with Crippen molar-refractivity contribution in [2.75, 3.05) is 18.5 Å². The van der Waals surface area contributed by atoms with Crippen LogP contribution in [0.2, 0.25) is 5.15 Å². The van der Waals surface area contributed by atoms with E-state index < -0.39 is 11.9 Å². The largest absolute Gasteiger partial charge is 0.350 e. The average Bonchev–Trinajstić information content (AvgIpc) is 3.30. The van der Waals surface area contributed by atoms with Crippen LogP contribution in [0.4, 0.5) is 10.1 Å². The van der Waals surface area contributed by atoms with Crippen molar-refractivity contribution < 1.29 is 14.0 Å². The molecule has 0 aliphatic carbocycles. The number of rotatable bonds is 3. The van der Waals surface area contributed by atoms with Crippen LogP contribution in [-0.2, 0) is 31.2 Å². The van der Waals surface area contributed by atoms with Gasteiger partial charge in [-0.2, -0.15) is 5.10 Å². The van der Waals surface area contributed by atoms with Gasteiger partial charge in [-0.25, -0.2) is 9.07 Å². The van der Waals surface area contributed by atoms with Gasteiger partial charge in [-0.1, -0.05) is 41.9 Å². The molecule has 7 nitrogen and oxygen atoms in total. The minimum absolute atomic E-state index is 0.248. The molecule has 0 saturated heterocycles. The van der Waals surface area contributed by atoms with Gasteiger partial charge in [0.2, 0.25) is 5.91 Å². The molecule has 0 unspecified atom stereocenters. The Bertz CT molecular complexity index is 1510. The number of likely N-dealkylation sites (N-methyl/N-ethyl adjacent to an activating group) is 1. The van der Waals surface area contributed by atoms with Gasteiger partial charge in [0.05, 0.1) is 17.7 Å². The first-order valence-electron chi connectivity index (χ1n) is 11.5. The van der Waals surface area contributed by atoms with Gasteiger partial charge in [-0.15, -0.1) is 0 Å². The summed E-state index contributed by atoms with van der Waals surface area (Å²) in [5.74, 6) is -0.964. The van der Waals surface area contributed by atoms with Gasteiger partial charge in [0.25, 0.3) is 5.91 Å². The highest BCUT2D eigenvalue weighted by Gasteiger charge is 2.41. The van der Waals surface area contributed by atoms with E-state index in [0.29, 0.717) is 53.5 Å². The highest BCUT2D eigenvalue weighted by molar-refractivity contribution is 6.31. The van der Waals surface area contributed by atoms with Gasteiger partial charge in [-0.05, 0) is 29.7 Å². The fourth-order valence-corrected chi connectivity index (χ4v) is 5.64. The summed E-state index contributed by atoms with van der Waals surface area (Å²) in [5, 5.41) is 5.84. The number of amides is 2. The number of hydrogen-bond acceptors (Lipinski definition) is 3. The van der Waals surface area contributed by atoms with Crippen molar-refractivity contribution in [1.82, 2.24) is 19.2 Å². The highest BCUT2D eigenvalue weighted by atomic mass is 35.5. The Kier molecular flexibility index (Phi) is 4.96. The van der Waals surface area contributed by atoms with Crippen LogP contribution in [0.15, 0.2) is 48.7 Å². The first-order valence-corrected chi connectivity index (χ1v) is 11.9. The van der Waals surface area contributed by atoms with E-state index in [1.165, 1.54) is 17.0 Å². The molecular formula is C26H23ClFN5O2. The van der Waals surface area contributed by atoms with E-state index in [2.05, 4.69) is 5.10 Å². The number of aryl methyl sites for hydroxylation is 1. The summed E-state index contributed by atoms with van der Waals surface area (Å²) in [7, 11) is 3.49. The zero-order chi connectivity index (χ0) is 24.4. The summed E-state index contributed by atoms with van der Waals surface area (Å²) in [6.07, 6.45) is 2.77. The third kappa shape index (κ3) is 3.35. The number of carbonyl (C=O) groups excluding carboxylic acids is 2. The minimum Gasteiger partial charge on any atom is -0.350 e. The fraction of sp³-hybridized carbons (Fsp3) is 0.269. The number of benzene rings is 2. The Balaban J connectivity index is 1.36. The molecule has 6 rings (SSSR count). The summed E-state index contributed by atoms with van der Waals surface area (Å²) in [6.45, 7) is 0.807. The van der Waals surface area contributed by atoms with Crippen LogP contribution in [0.25, 0.3) is 10.9 Å². The normalized spacial score (nSPS) is 17.8. The van der Waals surface area contributed by atoms with E-state index in [1.54, 1.807) is 16.6 Å². The van der Waals surface area contributed by atoms with E-state index in [0.717, 1.165) is 16.5 Å². The van der Waals surface area contributed by atoms with Crippen LogP contribution in [0.5, 0.6) is 0 Å². The van der Waals surface area contributed by atoms with Crippen molar-refractivity contribution in [2.45, 2.75) is 25.4 Å². The summed E-state index contributed by atoms with van der Waals surface area (Å²) in [4.78, 5) is 30.3. The van der Waals surface area contributed by atoms with Gasteiger partial charge in [0, 0.05) is 44.2 Å². The molecule has 0 bridgehead atoms. The minimum atomic E-state index is -0.722. The Labute approximate surface area is 206 Å². The number of carbonyl (C=O) groups is 2. The Morgan fingerprint density at radius 3 is 2.69 bits per heavy atom. The fourth-order valence-electron chi connectivity index (χ4n) is 5.35. The molecule has 2 amide bonds. The van der Waals surface area contributed by atoms with E-state index in [9.17, 15) is 14.0 Å². The molecule has 1 atom stereocenters. The van der Waals surface area contributed by atoms with E-state index in [4.69, 9.17) is 11.6 Å². The maximum Gasteiger partial charge on any atom is 0.275 e. The Hall–Kier alpha value is -3.65. The summed E-state index contributed by atoms with van der Waals surface area (Å²) < 4.78 is 17.9. The predicted molar refractivity (Wildman–Crippen MR) is 131 cm³/mol. The van der Waals surface area contributed by atoms with Crippen LogP contribution in [0, 0.1) is 5.82 Å². The topological polar surface area (TPSA) is 63.4 Å². The van der Waals surface area contributed by atoms with E-state index in [1.807, 2.05) is 48.1 Å². The maximum absolute atomic E-state index is 14.4. The number of fused-ring (bicyclic) bond motifs is 1. The highest BCUT2D eigenvalue weighted by Crippen LogP contribution is 2.37. The van der Waals surface area contributed by atoms with Gasteiger partial charge in [0.15, 0.2) is 5.69 Å². The van der Waals surface area contributed by atoms with Crippen molar-refractivity contribution in [1.29, 1.82) is 0 Å². The molecule has 178 valence electrons. The van der Waals surface area contributed by atoms with E-state index in [-0.39, 0.29) is 11.8 Å². The summed E-state index contributed by atoms with van der Waals surface area (Å²) in [5.41, 5.74) is 4.17. The van der Waals surface area contributed by atoms with Gasteiger partial charge < -0.3 is 14.4 Å². The molecule has 35 heavy (non-hydrogen) atoms. The Morgan fingerprint density at radius 2 is 1.91 bits per heavy atom. The third-order valence-corrected chi connectivity index (χ3v) is 7.53. The SMILES string of the molecule is CN1C(=O)[C@@H](N2CCc3c(nn(Cc4ccccc4)c3Cl)C2=O)Cc2cn(C)c3cc(F)cc1c23. The molecular weight excluding hydrogens is 469 g/mol. The zero-order valence-electron chi connectivity index (χ0n) is 19.3. The van der Waals surface area contributed by atoms with Crippen LogP contribution >= 0.6 is 11.6 Å².